The highest BCUT2D eigenvalue weighted by atomic mass is 16.4. The molecule has 0 radical (unpaired) electrons. The maximum atomic E-state index is 8.81. The van der Waals surface area contributed by atoms with Crippen LogP contribution in [0.25, 0.3) is 0 Å². The molecule has 1 atom stereocenters. The van der Waals surface area contributed by atoms with Gasteiger partial charge in [-0.2, -0.15) is 0 Å². The van der Waals surface area contributed by atoms with Crippen molar-refractivity contribution in [3.8, 4) is 0 Å². The SMILES string of the molecule is N/C(=N\O)C(C1CCCC1)n1cccc1. The first-order valence-electron chi connectivity index (χ1n) is 5.43. The number of nitrogens with zero attached hydrogens (tertiary/aromatic N) is 2. The lowest BCUT2D eigenvalue weighted by Crippen LogP contribution is -2.31. The van der Waals surface area contributed by atoms with Gasteiger partial charge in [0, 0.05) is 12.4 Å². The van der Waals surface area contributed by atoms with Gasteiger partial charge in [0.2, 0.25) is 0 Å². The van der Waals surface area contributed by atoms with Crippen LogP contribution in [0.15, 0.2) is 29.7 Å². The predicted molar refractivity (Wildman–Crippen MR) is 58.8 cm³/mol. The lowest BCUT2D eigenvalue weighted by molar-refractivity contribution is 0.306. The molecule has 1 unspecified atom stereocenters. The van der Waals surface area contributed by atoms with Crippen LogP contribution in [-0.4, -0.2) is 15.6 Å². The van der Waals surface area contributed by atoms with Gasteiger partial charge in [-0.05, 0) is 30.9 Å². The van der Waals surface area contributed by atoms with Crippen molar-refractivity contribution < 1.29 is 5.21 Å². The molecule has 4 nitrogen and oxygen atoms in total. The molecule has 15 heavy (non-hydrogen) atoms. The molecule has 0 aromatic carbocycles. The molecule has 0 spiro atoms. The minimum Gasteiger partial charge on any atom is -0.409 e. The van der Waals surface area contributed by atoms with Gasteiger partial charge in [0.15, 0.2) is 5.84 Å². The summed E-state index contributed by atoms with van der Waals surface area (Å²) < 4.78 is 2.03. The molecule has 2 rings (SSSR count). The van der Waals surface area contributed by atoms with Crippen molar-refractivity contribution in [1.29, 1.82) is 0 Å². The molecule has 1 aliphatic rings. The Morgan fingerprint density at radius 3 is 2.47 bits per heavy atom. The molecule has 82 valence electrons. The second kappa shape index (κ2) is 4.38. The Balaban J connectivity index is 2.23. The van der Waals surface area contributed by atoms with Crippen molar-refractivity contribution in [1.82, 2.24) is 4.57 Å². The van der Waals surface area contributed by atoms with E-state index >= 15 is 0 Å². The Morgan fingerprint density at radius 1 is 1.33 bits per heavy atom. The third-order valence-electron chi connectivity index (χ3n) is 3.21. The Labute approximate surface area is 89.4 Å². The fourth-order valence-electron chi connectivity index (χ4n) is 2.50. The number of oxime groups is 1. The number of amidine groups is 1. The van der Waals surface area contributed by atoms with Crippen molar-refractivity contribution in [2.75, 3.05) is 0 Å². The normalized spacial score (nSPS) is 20.7. The van der Waals surface area contributed by atoms with Gasteiger partial charge < -0.3 is 15.5 Å². The van der Waals surface area contributed by atoms with Crippen LogP contribution in [0.3, 0.4) is 0 Å². The zero-order chi connectivity index (χ0) is 10.7. The second-order valence-corrected chi connectivity index (χ2v) is 4.14. The van der Waals surface area contributed by atoms with Crippen molar-refractivity contribution in [3.05, 3.63) is 24.5 Å². The molecule has 0 amide bonds. The summed E-state index contributed by atoms with van der Waals surface area (Å²) in [6.07, 6.45) is 8.78. The van der Waals surface area contributed by atoms with E-state index in [1.165, 1.54) is 25.7 Å². The number of aromatic nitrogens is 1. The van der Waals surface area contributed by atoms with Gasteiger partial charge in [-0.25, -0.2) is 0 Å². The second-order valence-electron chi connectivity index (χ2n) is 4.14. The molecule has 0 bridgehead atoms. The molecule has 1 fully saturated rings. The minimum absolute atomic E-state index is 0.0208. The van der Waals surface area contributed by atoms with Gasteiger partial charge in [-0.1, -0.05) is 18.0 Å². The van der Waals surface area contributed by atoms with E-state index in [-0.39, 0.29) is 6.04 Å². The molecule has 1 aromatic rings. The monoisotopic (exact) mass is 207 g/mol. The number of hydrogen-bond donors (Lipinski definition) is 2. The molecule has 1 saturated carbocycles. The molecule has 1 heterocycles. The molecule has 1 aromatic heterocycles. The zero-order valence-corrected chi connectivity index (χ0v) is 8.71. The zero-order valence-electron chi connectivity index (χ0n) is 8.71. The maximum Gasteiger partial charge on any atom is 0.162 e. The van der Waals surface area contributed by atoms with E-state index < -0.39 is 0 Å². The van der Waals surface area contributed by atoms with E-state index in [1.807, 2.05) is 29.1 Å². The predicted octanol–water partition coefficient (Wildman–Crippen LogP) is 1.97. The first kappa shape index (κ1) is 10.1. The smallest absolute Gasteiger partial charge is 0.162 e. The fraction of sp³-hybridized carbons (Fsp3) is 0.545. The van der Waals surface area contributed by atoms with Crippen LogP contribution in [0.1, 0.15) is 31.7 Å². The van der Waals surface area contributed by atoms with Gasteiger partial charge in [-0.15, -0.1) is 0 Å². The standard InChI is InChI=1S/C11H17N3O/c12-11(13-15)10(9-5-1-2-6-9)14-7-3-4-8-14/h3-4,7-10,15H,1-2,5-6H2,(H2,12,13). The van der Waals surface area contributed by atoms with Crippen LogP contribution >= 0.6 is 0 Å². The number of nitrogens with two attached hydrogens (primary N) is 1. The van der Waals surface area contributed by atoms with Crippen molar-refractivity contribution in [2.24, 2.45) is 16.8 Å². The summed E-state index contributed by atoms with van der Waals surface area (Å²) >= 11 is 0. The summed E-state index contributed by atoms with van der Waals surface area (Å²) in [5, 5.41) is 12.0. The summed E-state index contributed by atoms with van der Waals surface area (Å²) in [5.41, 5.74) is 5.77. The third kappa shape index (κ3) is 1.98. The van der Waals surface area contributed by atoms with Crippen molar-refractivity contribution >= 4 is 5.84 Å². The summed E-state index contributed by atoms with van der Waals surface area (Å²) in [7, 11) is 0. The van der Waals surface area contributed by atoms with Gasteiger partial charge in [0.1, 0.15) is 0 Å². The first-order chi connectivity index (χ1) is 7.33. The minimum atomic E-state index is 0.0208. The number of rotatable bonds is 3. The van der Waals surface area contributed by atoms with Crippen molar-refractivity contribution in [3.63, 3.8) is 0 Å². The number of hydrogen-bond acceptors (Lipinski definition) is 2. The Hall–Kier alpha value is -1.45. The van der Waals surface area contributed by atoms with Crippen LogP contribution < -0.4 is 5.73 Å². The molecule has 0 saturated heterocycles. The lowest BCUT2D eigenvalue weighted by atomic mass is 9.97. The third-order valence-corrected chi connectivity index (χ3v) is 3.21. The molecule has 3 N–H and O–H groups in total. The van der Waals surface area contributed by atoms with E-state index in [4.69, 9.17) is 10.9 Å². The summed E-state index contributed by atoms with van der Waals surface area (Å²) in [5.74, 6) is 0.825. The van der Waals surface area contributed by atoms with E-state index in [2.05, 4.69) is 5.16 Å². The summed E-state index contributed by atoms with van der Waals surface area (Å²) in [4.78, 5) is 0. The highest BCUT2D eigenvalue weighted by Crippen LogP contribution is 2.34. The molecule has 4 heteroatoms. The summed E-state index contributed by atoms with van der Waals surface area (Å²) in [6.45, 7) is 0. The Morgan fingerprint density at radius 2 is 1.93 bits per heavy atom. The molecular formula is C11H17N3O. The largest absolute Gasteiger partial charge is 0.409 e. The van der Waals surface area contributed by atoms with Crippen LogP contribution in [0.5, 0.6) is 0 Å². The van der Waals surface area contributed by atoms with Crippen LogP contribution in [0.4, 0.5) is 0 Å². The molecular weight excluding hydrogens is 190 g/mol. The van der Waals surface area contributed by atoms with E-state index in [0.717, 1.165) is 0 Å². The van der Waals surface area contributed by atoms with Crippen LogP contribution in [0, 0.1) is 5.92 Å². The topological polar surface area (TPSA) is 63.5 Å². The maximum absolute atomic E-state index is 8.81. The van der Waals surface area contributed by atoms with Gasteiger partial charge in [0.05, 0.1) is 6.04 Å². The first-order valence-corrected chi connectivity index (χ1v) is 5.43. The quantitative estimate of drug-likeness (QED) is 0.344. The molecule has 1 aliphatic carbocycles. The highest BCUT2D eigenvalue weighted by Gasteiger charge is 2.28. The van der Waals surface area contributed by atoms with Gasteiger partial charge >= 0.3 is 0 Å². The Bertz CT molecular complexity index is 326. The lowest BCUT2D eigenvalue weighted by Gasteiger charge is -2.23. The average Bonchev–Trinajstić information content (AvgIpc) is 2.90. The van der Waals surface area contributed by atoms with E-state index in [1.54, 1.807) is 0 Å². The fourth-order valence-corrected chi connectivity index (χ4v) is 2.50. The van der Waals surface area contributed by atoms with Crippen LogP contribution in [-0.2, 0) is 0 Å². The van der Waals surface area contributed by atoms with Crippen LogP contribution in [0.2, 0.25) is 0 Å². The van der Waals surface area contributed by atoms with Crippen molar-refractivity contribution in [2.45, 2.75) is 31.7 Å². The highest BCUT2D eigenvalue weighted by molar-refractivity contribution is 5.84. The molecule has 0 aliphatic heterocycles. The van der Waals surface area contributed by atoms with Gasteiger partial charge in [-0.3, -0.25) is 0 Å². The van der Waals surface area contributed by atoms with E-state index in [9.17, 15) is 0 Å². The average molecular weight is 207 g/mol. The van der Waals surface area contributed by atoms with Gasteiger partial charge in [0.25, 0.3) is 0 Å². The van der Waals surface area contributed by atoms with E-state index in [0.29, 0.717) is 11.8 Å². The Kier molecular flexibility index (Phi) is 2.94. The summed E-state index contributed by atoms with van der Waals surface area (Å²) in [6, 6.07) is 3.95.